The van der Waals surface area contributed by atoms with Crippen molar-refractivity contribution in [3.05, 3.63) is 82.9 Å². The van der Waals surface area contributed by atoms with E-state index in [0.717, 1.165) is 35.6 Å². The van der Waals surface area contributed by atoms with E-state index in [1.54, 1.807) is 0 Å². The summed E-state index contributed by atoms with van der Waals surface area (Å²) in [5.74, 6) is 3.00. The zero-order chi connectivity index (χ0) is 22.5. The van der Waals surface area contributed by atoms with E-state index < -0.39 is 0 Å². The van der Waals surface area contributed by atoms with Gasteiger partial charge in [0.1, 0.15) is 17.3 Å². The second kappa shape index (κ2) is 10.2. The van der Waals surface area contributed by atoms with E-state index in [9.17, 15) is 0 Å². The summed E-state index contributed by atoms with van der Waals surface area (Å²) in [6.45, 7) is 2.27. The molecule has 0 saturated heterocycles. The minimum atomic E-state index is -0.0672. The number of hydrogen-bond donors (Lipinski definition) is 2. The molecule has 4 atom stereocenters. The number of nitrogens with one attached hydrogen (secondary N) is 1. The molecular weight excluding hydrogens is 464 g/mol. The highest BCUT2D eigenvalue weighted by Gasteiger charge is 2.38. The number of benzene rings is 2. The number of para-hydroxylation sites is 1. The molecule has 3 N–H and O–H groups in total. The van der Waals surface area contributed by atoms with Gasteiger partial charge in [0.15, 0.2) is 0 Å². The van der Waals surface area contributed by atoms with Gasteiger partial charge in [0.2, 0.25) is 0 Å². The Bertz CT molecular complexity index is 1040. The van der Waals surface area contributed by atoms with Gasteiger partial charge in [-0.15, -0.1) is 0 Å². The molecule has 0 spiro atoms. The van der Waals surface area contributed by atoms with Crippen molar-refractivity contribution in [2.45, 2.75) is 25.8 Å². The molecule has 32 heavy (non-hydrogen) atoms. The summed E-state index contributed by atoms with van der Waals surface area (Å²) in [5, 5.41) is 4.40. The fraction of sp³-hybridized carbons (Fsp3) is 0.308. The van der Waals surface area contributed by atoms with Crippen molar-refractivity contribution in [2.24, 2.45) is 33.6 Å². The standard InChI is InChI=1S/C26H29BrN4O/c1-17(15-18-7-6-8-20(27)16-18)24-23(26(28)31-30-24)25(29-2)19-11-13-22(14-12-19)32-21-9-4-3-5-10-21/h3-14,17-18,23-24,30H,15-16H2,1-2H3,(H2,28,31). The van der Waals surface area contributed by atoms with Gasteiger partial charge in [-0.1, -0.05) is 59.3 Å². The fourth-order valence-corrected chi connectivity index (χ4v) is 5.07. The van der Waals surface area contributed by atoms with Crippen molar-refractivity contribution >= 4 is 27.5 Å². The van der Waals surface area contributed by atoms with E-state index >= 15 is 0 Å². The Morgan fingerprint density at radius 1 is 1.19 bits per heavy atom. The first kappa shape index (κ1) is 22.3. The molecule has 0 aromatic heterocycles. The van der Waals surface area contributed by atoms with Crippen LogP contribution in [0.4, 0.5) is 0 Å². The van der Waals surface area contributed by atoms with Crippen LogP contribution in [0.2, 0.25) is 0 Å². The van der Waals surface area contributed by atoms with Gasteiger partial charge in [-0.2, -0.15) is 5.10 Å². The smallest absolute Gasteiger partial charge is 0.130 e. The number of nitrogens with two attached hydrogens (primary N) is 1. The van der Waals surface area contributed by atoms with Crippen molar-refractivity contribution in [1.82, 2.24) is 5.43 Å². The van der Waals surface area contributed by atoms with Crippen LogP contribution in [0, 0.1) is 17.8 Å². The van der Waals surface area contributed by atoms with Crippen molar-refractivity contribution < 1.29 is 4.74 Å². The highest BCUT2D eigenvalue weighted by molar-refractivity contribution is 9.11. The minimum Gasteiger partial charge on any atom is -0.457 e. The second-order valence-electron chi connectivity index (χ2n) is 8.39. The maximum atomic E-state index is 6.36. The van der Waals surface area contributed by atoms with Gasteiger partial charge in [-0.3, -0.25) is 4.99 Å². The summed E-state index contributed by atoms with van der Waals surface area (Å²) < 4.78 is 7.18. The molecule has 0 bridgehead atoms. The topological polar surface area (TPSA) is 72.0 Å². The Balaban J connectivity index is 1.48. The summed E-state index contributed by atoms with van der Waals surface area (Å²) in [6, 6.07) is 17.9. The summed E-state index contributed by atoms with van der Waals surface area (Å²) in [6.07, 6.45) is 8.62. The molecule has 2 aromatic carbocycles. The predicted molar refractivity (Wildman–Crippen MR) is 135 cm³/mol. The van der Waals surface area contributed by atoms with Crippen molar-refractivity contribution in [3.63, 3.8) is 0 Å². The molecule has 2 aromatic rings. The molecule has 4 unspecified atom stereocenters. The maximum Gasteiger partial charge on any atom is 0.130 e. The number of halogens is 1. The first-order valence-electron chi connectivity index (χ1n) is 11.0. The van der Waals surface area contributed by atoms with Crippen LogP contribution in [0.5, 0.6) is 11.5 Å². The first-order chi connectivity index (χ1) is 15.5. The van der Waals surface area contributed by atoms with Crippen LogP contribution in [0.3, 0.4) is 0 Å². The number of allylic oxidation sites excluding steroid dienone is 4. The molecule has 5 nitrogen and oxygen atoms in total. The number of amidine groups is 1. The van der Waals surface area contributed by atoms with Gasteiger partial charge < -0.3 is 15.9 Å². The fourth-order valence-electron chi connectivity index (χ4n) is 4.50. The van der Waals surface area contributed by atoms with E-state index in [4.69, 9.17) is 10.5 Å². The molecule has 1 heterocycles. The highest BCUT2D eigenvalue weighted by Crippen LogP contribution is 2.33. The third kappa shape index (κ3) is 5.13. The molecule has 0 saturated carbocycles. The molecule has 1 aliphatic heterocycles. The number of nitrogens with zero attached hydrogens (tertiary/aromatic N) is 2. The van der Waals surface area contributed by atoms with Gasteiger partial charge in [-0.25, -0.2) is 0 Å². The number of ether oxygens (including phenoxy) is 1. The highest BCUT2D eigenvalue weighted by atomic mass is 79.9. The van der Waals surface area contributed by atoms with Crippen LogP contribution >= 0.6 is 15.9 Å². The van der Waals surface area contributed by atoms with Gasteiger partial charge in [0.25, 0.3) is 0 Å². The van der Waals surface area contributed by atoms with Gasteiger partial charge in [-0.05, 0) is 71.1 Å². The molecule has 0 fully saturated rings. The number of hydrogen-bond acceptors (Lipinski definition) is 5. The molecule has 1 aliphatic carbocycles. The summed E-state index contributed by atoms with van der Waals surface area (Å²) in [4.78, 5) is 4.64. The predicted octanol–water partition coefficient (Wildman–Crippen LogP) is 5.64. The van der Waals surface area contributed by atoms with Crippen LogP contribution in [-0.2, 0) is 0 Å². The molecule has 0 radical (unpaired) electrons. The van der Waals surface area contributed by atoms with Gasteiger partial charge in [0.05, 0.1) is 17.7 Å². The quantitative estimate of drug-likeness (QED) is 0.491. The monoisotopic (exact) mass is 492 g/mol. The Kier molecular flexibility index (Phi) is 7.10. The Hall–Kier alpha value is -2.86. The van der Waals surface area contributed by atoms with E-state index in [1.807, 2.05) is 61.6 Å². The minimum absolute atomic E-state index is 0.0672. The lowest BCUT2D eigenvalue weighted by Crippen LogP contribution is -2.43. The van der Waals surface area contributed by atoms with Crippen LogP contribution in [0.15, 0.2) is 87.4 Å². The summed E-state index contributed by atoms with van der Waals surface area (Å²) >= 11 is 3.64. The number of rotatable bonds is 7. The third-order valence-corrected chi connectivity index (χ3v) is 6.68. The molecule has 0 amide bonds. The van der Waals surface area contributed by atoms with E-state index in [2.05, 4.69) is 56.6 Å². The van der Waals surface area contributed by atoms with Crippen molar-refractivity contribution in [3.8, 4) is 11.5 Å². The SMILES string of the molecule is CN=C(c1ccc(Oc2ccccc2)cc1)C1C(N)=NNC1C(C)CC1C=CC=C(Br)C1. The number of aliphatic imine (C=N–C) groups is 1. The average Bonchev–Trinajstić information content (AvgIpc) is 3.17. The van der Waals surface area contributed by atoms with E-state index in [1.165, 1.54) is 4.48 Å². The number of hydrazone groups is 1. The lowest BCUT2D eigenvalue weighted by Gasteiger charge is -2.29. The summed E-state index contributed by atoms with van der Waals surface area (Å²) in [7, 11) is 1.82. The molecule has 4 rings (SSSR count). The van der Waals surface area contributed by atoms with E-state index in [-0.39, 0.29) is 12.0 Å². The zero-order valence-corrected chi connectivity index (χ0v) is 20.0. The van der Waals surface area contributed by atoms with Crippen LogP contribution in [0.1, 0.15) is 25.3 Å². The Labute approximate surface area is 198 Å². The molecule has 2 aliphatic rings. The van der Waals surface area contributed by atoms with E-state index in [0.29, 0.717) is 17.7 Å². The Morgan fingerprint density at radius 2 is 1.91 bits per heavy atom. The second-order valence-corrected chi connectivity index (χ2v) is 9.41. The third-order valence-electron chi connectivity index (χ3n) is 6.09. The molecular formula is C26H29BrN4O. The largest absolute Gasteiger partial charge is 0.457 e. The van der Waals surface area contributed by atoms with Crippen LogP contribution in [0.25, 0.3) is 0 Å². The average molecular weight is 493 g/mol. The van der Waals surface area contributed by atoms with Gasteiger partial charge in [0, 0.05) is 7.05 Å². The normalized spacial score (nSPS) is 23.8. The molecule has 6 heteroatoms. The zero-order valence-electron chi connectivity index (χ0n) is 18.4. The lowest BCUT2D eigenvalue weighted by molar-refractivity contribution is 0.330. The lowest BCUT2D eigenvalue weighted by atomic mass is 9.79. The van der Waals surface area contributed by atoms with Crippen molar-refractivity contribution in [2.75, 3.05) is 7.05 Å². The summed E-state index contributed by atoms with van der Waals surface area (Å²) in [5.41, 5.74) is 11.6. The van der Waals surface area contributed by atoms with Crippen molar-refractivity contribution in [1.29, 1.82) is 0 Å². The maximum absolute atomic E-state index is 6.36. The molecule has 166 valence electrons. The Morgan fingerprint density at radius 3 is 2.59 bits per heavy atom. The van der Waals surface area contributed by atoms with Crippen LogP contribution < -0.4 is 15.9 Å². The first-order valence-corrected chi connectivity index (χ1v) is 11.8. The van der Waals surface area contributed by atoms with Crippen LogP contribution in [-0.4, -0.2) is 24.6 Å². The van der Waals surface area contributed by atoms with Gasteiger partial charge >= 0.3 is 0 Å².